The van der Waals surface area contributed by atoms with Crippen molar-refractivity contribution in [1.29, 1.82) is 0 Å². The predicted molar refractivity (Wildman–Crippen MR) is 210 cm³/mol. The van der Waals surface area contributed by atoms with Crippen LogP contribution in [0.2, 0.25) is 0 Å². The van der Waals surface area contributed by atoms with Gasteiger partial charge in [0.25, 0.3) is 0 Å². The summed E-state index contributed by atoms with van der Waals surface area (Å²) < 4.78 is 0. The molecule has 50 heavy (non-hydrogen) atoms. The van der Waals surface area contributed by atoms with Crippen molar-refractivity contribution in [2.24, 2.45) is 0 Å². The SMILES string of the molecule is C=Cc1c(C=C)c(-c2ccccc2)c2cc(-c3ccc(-c4cc(-c5ccccn5)nc(-c5ccccn5)c4)cc3)ccc2c1-c1ccccc1. The van der Waals surface area contributed by atoms with Crippen LogP contribution in [0.4, 0.5) is 0 Å². The molecule has 0 spiro atoms. The quantitative estimate of drug-likeness (QED) is 0.166. The van der Waals surface area contributed by atoms with E-state index >= 15 is 0 Å². The molecule has 0 atom stereocenters. The third-order valence-corrected chi connectivity index (χ3v) is 9.15. The smallest absolute Gasteiger partial charge is 0.0900 e. The summed E-state index contributed by atoms with van der Waals surface area (Å²) in [6.45, 7) is 8.53. The zero-order chi connectivity index (χ0) is 33.9. The molecule has 5 aromatic carbocycles. The van der Waals surface area contributed by atoms with Crippen molar-refractivity contribution in [2.75, 3.05) is 0 Å². The number of hydrogen-bond donors (Lipinski definition) is 0. The average Bonchev–Trinajstić information content (AvgIpc) is 3.20. The summed E-state index contributed by atoms with van der Waals surface area (Å²) in [4.78, 5) is 14.1. The highest BCUT2D eigenvalue weighted by Gasteiger charge is 2.19. The van der Waals surface area contributed by atoms with Crippen LogP contribution in [0.3, 0.4) is 0 Å². The Morgan fingerprint density at radius 2 is 0.820 bits per heavy atom. The third kappa shape index (κ3) is 5.72. The number of aromatic nitrogens is 3. The Balaban J connectivity index is 1.28. The Kier molecular flexibility index (Phi) is 8.22. The summed E-state index contributed by atoms with van der Waals surface area (Å²) in [7, 11) is 0. The zero-order valence-corrected chi connectivity index (χ0v) is 27.5. The highest BCUT2D eigenvalue weighted by atomic mass is 14.8. The molecule has 0 aliphatic heterocycles. The van der Waals surface area contributed by atoms with Crippen LogP contribution < -0.4 is 0 Å². The fourth-order valence-electron chi connectivity index (χ4n) is 6.81. The summed E-state index contributed by atoms with van der Waals surface area (Å²) in [6.07, 6.45) is 7.53. The third-order valence-electron chi connectivity index (χ3n) is 9.15. The molecule has 3 nitrogen and oxygen atoms in total. The normalized spacial score (nSPS) is 11.0. The Morgan fingerprint density at radius 1 is 0.360 bits per heavy atom. The van der Waals surface area contributed by atoms with Gasteiger partial charge in [0.05, 0.1) is 22.8 Å². The summed E-state index contributed by atoms with van der Waals surface area (Å²) in [5, 5.41) is 2.35. The minimum atomic E-state index is 0.807. The van der Waals surface area contributed by atoms with Crippen LogP contribution in [0.5, 0.6) is 0 Å². The number of fused-ring (bicyclic) bond motifs is 1. The second kappa shape index (κ2) is 13.4. The van der Waals surface area contributed by atoms with Crippen LogP contribution in [0.15, 0.2) is 177 Å². The van der Waals surface area contributed by atoms with Crippen LogP contribution in [0.25, 0.3) is 90.2 Å². The number of nitrogens with zero attached hydrogens (tertiary/aromatic N) is 3. The first-order valence-corrected chi connectivity index (χ1v) is 16.7. The first-order valence-electron chi connectivity index (χ1n) is 16.7. The van der Waals surface area contributed by atoms with Crippen molar-refractivity contribution < 1.29 is 0 Å². The standard InChI is InChI=1S/C47H33N3/c1-3-38-39(4-2)47(35-17-9-6-10-18-35)41-29-36(25-26-40(41)46(38)34-15-7-5-8-16-34)32-21-23-33(24-22-32)37-30-44(42-19-11-13-27-48-42)50-45(31-37)43-20-12-14-28-49-43/h3-31H,1-2H2. The van der Waals surface area contributed by atoms with Crippen LogP contribution in [-0.4, -0.2) is 15.0 Å². The minimum absolute atomic E-state index is 0.807. The van der Waals surface area contributed by atoms with Crippen molar-refractivity contribution in [3.63, 3.8) is 0 Å². The molecule has 8 rings (SSSR count). The number of pyridine rings is 3. The molecule has 3 heteroatoms. The van der Waals surface area contributed by atoms with E-state index in [1.807, 2.05) is 48.6 Å². The monoisotopic (exact) mass is 639 g/mol. The maximum absolute atomic E-state index is 4.94. The number of hydrogen-bond acceptors (Lipinski definition) is 3. The predicted octanol–water partition coefficient (Wildman–Crippen LogP) is 12.3. The van der Waals surface area contributed by atoms with Crippen LogP contribution in [-0.2, 0) is 0 Å². The Labute approximate surface area is 292 Å². The maximum atomic E-state index is 4.94. The Bertz CT molecular complexity index is 2410. The number of benzene rings is 5. The van der Waals surface area contributed by atoms with Gasteiger partial charge in [0, 0.05) is 12.4 Å². The Morgan fingerprint density at radius 3 is 1.30 bits per heavy atom. The fourth-order valence-corrected chi connectivity index (χ4v) is 6.81. The van der Waals surface area contributed by atoms with E-state index in [0.717, 1.165) is 78.4 Å². The van der Waals surface area contributed by atoms with E-state index in [-0.39, 0.29) is 0 Å². The lowest BCUT2D eigenvalue weighted by atomic mass is 9.82. The van der Waals surface area contributed by atoms with Crippen LogP contribution in [0, 0.1) is 0 Å². The van der Waals surface area contributed by atoms with Crippen molar-refractivity contribution in [3.05, 3.63) is 188 Å². The molecule has 0 bridgehead atoms. The maximum Gasteiger partial charge on any atom is 0.0900 e. The van der Waals surface area contributed by atoms with Gasteiger partial charge in [-0.25, -0.2) is 4.98 Å². The van der Waals surface area contributed by atoms with Crippen molar-refractivity contribution >= 4 is 22.9 Å². The molecule has 0 saturated carbocycles. The lowest BCUT2D eigenvalue weighted by Gasteiger charge is -2.21. The largest absolute Gasteiger partial charge is 0.255 e. The molecule has 3 aromatic heterocycles. The molecule has 0 radical (unpaired) electrons. The van der Waals surface area contributed by atoms with Gasteiger partial charge in [0.15, 0.2) is 0 Å². The van der Waals surface area contributed by atoms with Gasteiger partial charge in [0.2, 0.25) is 0 Å². The molecule has 236 valence electrons. The molecule has 0 N–H and O–H groups in total. The van der Waals surface area contributed by atoms with Gasteiger partial charge in [-0.2, -0.15) is 0 Å². The highest BCUT2D eigenvalue weighted by Crippen LogP contribution is 2.44. The molecule has 0 fully saturated rings. The summed E-state index contributed by atoms with van der Waals surface area (Å²) in [5.74, 6) is 0. The van der Waals surface area contributed by atoms with Gasteiger partial charge in [-0.3, -0.25) is 9.97 Å². The molecular weight excluding hydrogens is 607 g/mol. The van der Waals surface area contributed by atoms with E-state index in [1.54, 1.807) is 12.4 Å². The lowest BCUT2D eigenvalue weighted by molar-refractivity contribution is 1.22. The second-order valence-corrected chi connectivity index (χ2v) is 12.1. The van der Waals surface area contributed by atoms with E-state index in [0.29, 0.717) is 0 Å². The van der Waals surface area contributed by atoms with Gasteiger partial charge in [-0.1, -0.05) is 135 Å². The molecule has 3 heterocycles. The molecule has 0 unspecified atom stereocenters. The van der Waals surface area contributed by atoms with Gasteiger partial charge >= 0.3 is 0 Å². The van der Waals surface area contributed by atoms with E-state index in [9.17, 15) is 0 Å². The average molecular weight is 640 g/mol. The van der Waals surface area contributed by atoms with E-state index in [2.05, 4.69) is 138 Å². The fraction of sp³-hybridized carbons (Fsp3) is 0. The van der Waals surface area contributed by atoms with Crippen molar-refractivity contribution in [3.8, 4) is 67.3 Å². The number of rotatable bonds is 8. The van der Waals surface area contributed by atoms with Crippen molar-refractivity contribution in [2.45, 2.75) is 0 Å². The lowest BCUT2D eigenvalue weighted by Crippen LogP contribution is -1.96. The van der Waals surface area contributed by atoms with E-state index in [1.165, 1.54) is 10.8 Å². The molecule has 0 amide bonds. The summed E-state index contributed by atoms with van der Waals surface area (Å²) in [6, 6.07) is 52.7. The first-order chi connectivity index (χ1) is 24.7. The molecule has 8 aromatic rings. The van der Waals surface area contributed by atoms with Gasteiger partial charge in [0.1, 0.15) is 0 Å². The molecule has 0 aliphatic rings. The molecule has 0 saturated heterocycles. The zero-order valence-electron chi connectivity index (χ0n) is 27.5. The minimum Gasteiger partial charge on any atom is -0.255 e. The van der Waals surface area contributed by atoms with Crippen LogP contribution >= 0.6 is 0 Å². The Hall–Kier alpha value is -6.71. The van der Waals surface area contributed by atoms with Gasteiger partial charge in [-0.05, 0) is 109 Å². The molecule has 0 aliphatic carbocycles. The first kappa shape index (κ1) is 30.6. The highest BCUT2D eigenvalue weighted by molar-refractivity contribution is 6.12. The van der Waals surface area contributed by atoms with Gasteiger partial charge in [-0.15, -0.1) is 0 Å². The summed E-state index contributed by atoms with van der Waals surface area (Å²) >= 11 is 0. The van der Waals surface area contributed by atoms with E-state index < -0.39 is 0 Å². The molecular formula is C47H33N3. The van der Waals surface area contributed by atoms with Gasteiger partial charge < -0.3 is 0 Å². The topological polar surface area (TPSA) is 38.7 Å². The van der Waals surface area contributed by atoms with Crippen LogP contribution in [0.1, 0.15) is 11.1 Å². The summed E-state index contributed by atoms with van der Waals surface area (Å²) in [5.41, 5.74) is 14.5. The van der Waals surface area contributed by atoms with Crippen molar-refractivity contribution in [1.82, 2.24) is 15.0 Å². The second-order valence-electron chi connectivity index (χ2n) is 12.1. The van der Waals surface area contributed by atoms with E-state index in [4.69, 9.17) is 4.98 Å².